The van der Waals surface area contributed by atoms with Gasteiger partial charge < -0.3 is 26.6 Å². The van der Waals surface area contributed by atoms with E-state index in [4.69, 9.17) is 4.74 Å². The number of carbonyl (C=O) groups excluding carboxylic acids is 1. The molecule has 100 valence electrons. The smallest absolute Gasteiger partial charge is 0.344 e. The molecule has 0 aromatic carbocycles. The molecule has 1 aromatic rings. The van der Waals surface area contributed by atoms with Crippen LogP contribution in [0.2, 0.25) is 0 Å². The minimum absolute atomic E-state index is 0. The summed E-state index contributed by atoms with van der Waals surface area (Å²) in [6.07, 6.45) is 5.78. The number of aryl methyl sites for hydroxylation is 1. The van der Waals surface area contributed by atoms with Crippen molar-refractivity contribution in [2.24, 2.45) is 7.05 Å². The highest BCUT2D eigenvalue weighted by Crippen LogP contribution is 2.13. The number of carbonyl (C=O) groups is 1. The predicted octanol–water partition coefficient (Wildman–Crippen LogP) is -2.23. The lowest BCUT2D eigenvalue weighted by molar-refractivity contribution is -0.671. The molecule has 4 nitrogen and oxygen atoms in total. The van der Waals surface area contributed by atoms with Crippen molar-refractivity contribution in [1.29, 1.82) is 0 Å². The topological polar surface area (TPSA) is 33.4 Å². The molecule has 18 heavy (non-hydrogen) atoms. The number of esters is 1. The van der Waals surface area contributed by atoms with E-state index in [1.807, 2.05) is 23.9 Å². The van der Waals surface area contributed by atoms with E-state index in [9.17, 15) is 4.79 Å². The van der Waals surface area contributed by atoms with Crippen molar-refractivity contribution in [2.75, 3.05) is 20.1 Å². The zero-order valence-corrected chi connectivity index (χ0v) is 12.4. The van der Waals surface area contributed by atoms with Crippen LogP contribution in [0.4, 0.5) is 0 Å². The molecule has 1 aliphatic heterocycles. The maximum Gasteiger partial charge on any atom is 0.344 e. The van der Waals surface area contributed by atoms with Gasteiger partial charge in [-0.25, -0.2) is 9.36 Å². The monoisotopic (exact) mass is 314 g/mol. The van der Waals surface area contributed by atoms with E-state index in [1.54, 1.807) is 12.3 Å². The number of aromatic nitrogens is 1. The summed E-state index contributed by atoms with van der Waals surface area (Å²) < 4.78 is 7.36. The van der Waals surface area contributed by atoms with Crippen molar-refractivity contribution < 1.29 is 31.1 Å². The highest BCUT2D eigenvalue weighted by Gasteiger charge is 2.22. The van der Waals surface area contributed by atoms with E-state index in [-0.39, 0.29) is 29.1 Å². The summed E-state index contributed by atoms with van der Waals surface area (Å²) >= 11 is 0. The number of hydrogen-bond donors (Lipinski definition) is 0. The van der Waals surface area contributed by atoms with Crippen molar-refractivity contribution >= 4 is 5.97 Å². The summed E-state index contributed by atoms with van der Waals surface area (Å²) in [5.74, 6) is -0.221. The van der Waals surface area contributed by atoms with Crippen LogP contribution in [-0.2, 0) is 11.8 Å². The first-order valence-electron chi connectivity index (χ1n) is 6.00. The van der Waals surface area contributed by atoms with Crippen LogP contribution < -0.4 is 21.5 Å². The van der Waals surface area contributed by atoms with Crippen molar-refractivity contribution in [1.82, 2.24) is 4.90 Å². The Morgan fingerprint density at radius 2 is 2.33 bits per heavy atom. The van der Waals surface area contributed by atoms with E-state index in [0.29, 0.717) is 5.56 Å². The van der Waals surface area contributed by atoms with Gasteiger partial charge in [-0.3, -0.25) is 0 Å². The number of nitrogens with zero attached hydrogens (tertiary/aromatic N) is 2. The number of ether oxygens (including phenoxy) is 1. The molecule has 0 saturated carbocycles. The first-order chi connectivity index (χ1) is 8.15. The summed E-state index contributed by atoms with van der Waals surface area (Å²) in [4.78, 5) is 14.1. The van der Waals surface area contributed by atoms with Gasteiger partial charge in [0.2, 0.25) is 0 Å². The Hall–Kier alpha value is -0.940. The molecule has 0 N–H and O–H groups in total. The van der Waals surface area contributed by atoms with Crippen molar-refractivity contribution in [2.45, 2.75) is 18.9 Å². The van der Waals surface area contributed by atoms with E-state index in [2.05, 4.69) is 11.9 Å². The Bertz CT molecular complexity index is 412. The fourth-order valence-corrected chi connectivity index (χ4v) is 2.14. The van der Waals surface area contributed by atoms with Crippen LogP contribution in [0.3, 0.4) is 0 Å². The highest BCUT2D eigenvalue weighted by molar-refractivity contribution is 5.88. The molecule has 0 aliphatic carbocycles. The van der Waals surface area contributed by atoms with Crippen molar-refractivity contribution in [3.05, 3.63) is 30.1 Å². The SMILES string of the molecule is CN1CCCC(OC(=O)c2ccc[n+](C)c2)C1.[Br-]. The Balaban J connectivity index is 0.00000162. The zero-order valence-electron chi connectivity index (χ0n) is 10.8. The molecule has 2 heterocycles. The lowest BCUT2D eigenvalue weighted by Crippen LogP contribution is -3.00. The Morgan fingerprint density at radius 3 is 3.00 bits per heavy atom. The number of pyridine rings is 1. The second kappa shape index (κ2) is 6.85. The maximum atomic E-state index is 11.9. The molecule has 0 radical (unpaired) electrons. The molecule has 1 aliphatic rings. The first-order valence-corrected chi connectivity index (χ1v) is 6.00. The third-order valence-electron chi connectivity index (χ3n) is 3.03. The maximum absolute atomic E-state index is 11.9. The van der Waals surface area contributed by atoms with Gasteiger partial charge in [-0.05, 0) is 32.5 Å². The van der Waals surface area contributed by atoms with Gasteiger partial charge in [0.15, 0.2) is 12.4 Å². The molecule has 1 aromatic heterocycles. The van der Waals surface area contributed by atoms with Crippen molar-refractivity contribution in [3.63, 3.8) is 0 Å². The first kappa shape index (κ1) is 15.1. The van der Waals surface area contributed by atoms with Crippen LogP contribution in [-0.4, -0.2) is 37.1 Å². The normalized spacial score (nSPS) is 20.0. The third kappa shape index (κ3) is 4.07. The lowest BCUT2D eigenvalue weighted by atomic mass is 10.1. The van der Waals surface area contributed by atoms with Gasteiger partial charge in [-0.2, -0.15) is 0 Å². The number of piperidine rings is 1. The Labute approximate surface area is 118 Å². The minimum Gasteiger partial charge on any atom is -1.00 e. The van der Waals surface area contributed by atoms with Gasteiger partial charge in [0, 0.05) is 12.6 Å². The molecule has 1 unspecified atom stereocenters. The Kier molecular flexibility index (Phi) is 5.75. The molecule has 0 amide bonds. The fraction of sp³-hybridized carbons (Fsp3) is 0.538. The van der Waals surface area contributed by atoms with Gasteiger partial charge in [0.25, 0.3) is 0 Å². The van der Waals surface area contributed by atoms with Crippen LogP contribution >= 0.6 is 0 Å². The summed E-state index contributed by atoms with van der Waals surface area (Å²) in [5, 5.41) is 0. The molecular formula is C13H19BrN2O2. The van der Waals surface area contributed by atoms with Crippen LogP contribution in [0.5, 0.6) is 0 Å². The minimum atomic E-state index is -0.221. The predicted molar refractivity (Wildman–Crippen MR) is 63.6 cm³/mol. The van der Waals surface area contributed by atoms with E-state index in [0.717, 1.165) is 25.9 Å². The summed E-state index contributed by atoms with van der Waals surface area (Å²) in [6, 6.07) is 3.64. The summed E-state index contributed by atoms with van der Waals surface area (Å²) in [6.45, 7) is 1.93. The fourth-order valence-electron chi connectivity index (χ4n) is 2.14. The average Bonchev–Trinajstić information content (AvgIpc) is 2.29. The molecule has 1 saturated heterocycles. The summed E-state index contributed by atoms with van der Waals surface area (Å²) in [7, 11) is 3.95. The number of rotatable bonds is 2. The highest BCUT2D eigenvalue weighted by atomic mass is 79.9. The van der Waals surface area contributed by atoms with Gasteiger partial charge >= 0.3 is 5.97 Å². The molecule has 0 bridgehead atoms. The zero-order chi connectivity index (χ0) is 12.3. The van der Waals surface area contributed by atoms with Gasteiger partial charge in [-0.1, -0.05) is 0 Å². The number of hydrogen-bond acceptors (Lipinski definition) is 3. The Morgan fingerprint density at radius 1 is 1.56 bits per heavy atom. The quantitative estimate of drug-likeness (QED) is 0.457. The van der Waals surface area contributed by atoms with E-state index >= 15 is 0 Å². The average molecular weight is 315 g/mol. The number of halogens is 1. The van der Waals surface area contributed by atoms with Crippen LogP contribution in [0.25, 0.3) is 0 Å². The second-order valence-corrected chi connectivity index (χ2v) is 4.69. The van der Waals surface area contributed by atoms with Crippen LogP contribution in [0.15, 0.2) is 24.5 Å². The molecule has 1 atom stereocenters. The van der Waals surface area contributed by atoms with E-state index in [1.165, 1.54) is 0 Å². The van der Waals surface area contributed by atoms with Gasteiger partial charge in [0.1, 0.15) is 18.7 Å². The van der Waals surface area contributed by atoms with Crippen LogP contribution in [0.1, 0.15) is 23.2 Å². The molecule has 0 spiro atoms. The van der Waals surface area contributed by atoms with Crippen LogP contribution in [0, 0.1) is 0 Å². The number of likely N-dealkylation sites (tertiary alicyclic amines) is 1. The molecular weight excluding hydrogens is 296 g/mol. The largest absolute Gasteiger partial charge is 1.00 e. The third-order valence-corrected chi connectivity index (χ3v) is 3.03. The van der Waals surface area contributed by atoms with Crippen molar-refractivity contribution in [3.8, 4) is 0 Å². The molecule has 5 heteroatoms. The molecule has 2 rings (SSSR count). The number of likely N-dealkylation sites (N-methyl/N-ethyl adjacent to an activating group) is 1. The van der Waals surface area contributed by atoms with E-state index < -0.39 is 0 Å². The van der Waals surface area contributed by atoms with Gasteiger partial charge in [-0.15, -0.1) is 0 Å². The molecule has 1 fully saturated rings. The lowest BCUT2D eigenvalue weighted by Gasteiger charge is -2.29. The van der Waals surface area contributed by atoms with Gasteiger partial charge in [0.05, 0.1) is 0 Å². The second-order valence-electron chi connectivity index (χ2n) is 4.69. The standard InChI is InChI=1S/C13H19N2O2.BrH/c1-14-7-3-5-11(9-14)13(16)17-12-6-4-8-15(2)10-12;/h3,5,7,9,12H,4,6,8,10H2,1-2H3;1H/q+1;/p-1. The summed E-state index contributed by atoms with van der Waals surface area (Å²) in [5.41, 5.74) is 0.614.